The van der Waals surface area contributed by atoms with Crippen molar-refractivity contribution in [3.05, 3.63) is 74.6 Å². The van der Waals surface area contributed by atoms with Crippen LogP contribution >= 0.6 is 11.8 Å². The molecule has 1 aromatic heterocycles. The highest BCUT2D eigenvalue weighted by molar-refractivity contribution is 7.98. The summed E-state index contributed by atoms with van der Waals surface area (Å²) in [7, 11) is 0. The molecule has 0 fully saturated rings. The minimum Gasteiger partial charge on any atom is -0.323 e. The van der Waals surface area contributed by atoms with Crippen LogP contribution in [0.4, 0.5) is 8.78 Å². The lowest BCUT2D eigenvalue weighted by molar-refractivity contribution is 0.517. The molecule has 0 atom stereocenters. The third-order valence-electron chi connectivity index (χ3n) is 3.13. The van der Waals surface area contributed by atoms with E-state index >= 15 is 0 Å². The quantitative estimate of drug-likeness (QED) is 0.576. The van der Waals surface area contributed by atoms with E-state index in [1.165, 1.54) is 30.1 Å². The van der Waals surface area contributed by atoms with Gasteiger partial charge in [-0.05, 0) is 23.6 Å². The van der Waals surface area contributed by atoms with Gasteiger partial charge in [-0.15, -0.1) is 11.8 Å². The highest BCUT2D eigenvalue weighted by atomic mass is 32.2. The van der Waals surface area contributed by atoms with Crippen LogP contribution in [0.1, 0.15) is 5.69 Å². The molecule has 0 saturated carbocycles. The Morgan fingerprint density at radius 2 is 1.86 bits per heavy atom. The van der Waals surface area contributed by atoms with Gasteiger partial charge in [0.2, 0.25) is 0 Å². The first kappa shape index (κ1) is 14.5. The highest BCUT2D eigenvalue weighted by Gasteiger charge is 2.07. The summed E-state index contributed by atoms with van der Waals surface area (Å²) in [5, 5.41) is 0.820. The Labute approximate surface area is 127 Å². The fourth-order valence-electron chi connectivity index (χ4n) is 2.03. The number of hydrogen-bond donors (Lipinski definition) is 2. The van der Waals surface area contributed by atoms with E-state index in [4.69, 9.17) is 0 Å². The fourth-order valence-corrected chi connectivity index (χ4v) is 2.88. The zero-order valence-corrected chi connectivity index (χ0v) is 12.0. The van der Waals surface area contributed by atoms with Crippen molar-refractivity contribution in [3.8, 4) is 0 Å². The summed E-state index contributed by atoms with van der Waals surface area (Å²) < 4.78 is 26.8. The molecule has 3 rings (SSSR count). The molecule has 0 unspecified atom stereocenters. The lowest BCUT2D eigenvalue weighted by atomic mass is 10.1. The molecular weight excluding hydrogens is 310 g/mol. The monoisotopic (exact) mass is 320 g/mol. The van der Waals surface area contributed by atoms with Crippen molar-refractivity contribution >= 4 is 22.5 Å². The molecule has 1 heterocycles. The first-order valence-electron chi connectivity index (χ1n) is 6.36. The summed E-state index contributed by atoms with van der Waals surface area (Å²) in [5.74, 6) is -1.31. The van der Waals surface area contributed by atoms with Crippen LogP contribution in [0.5, 0.6) is 0 Å². The molecule has 7 heteroatoms. The minimum absolute atomic E-state index is 0.224. The number of benzene rings is 2. The summed E-state index contributed by atoms with van der Waals surface area (Å²) in [4.78, 5) is 27.8. The number of thioether (sulfide) groups is 1. The zero-order valence-electron chi connectivity index (χ0n) is 11.2. The smallest absolute Gasteiger partial charge is 0.313 e. The van der Waals surface area contributed by atoms with Gasteiger partial charge in [-0.2, -0.15) is 0 Å². The Balaban J connectivity index is 1.85. The van der Waals surface area contributed by atoms with Gasteiger partial charge in [0.1, 0.15) is 0 Å². The van der Waals surface area contributed by atoms with Crippen LogP contribution in [0.3, 0.4) is 0 Å². The number of fused-ring (bicyclic) bond motifs is 1. The maximum absolute atomic E-state index is 13.6. The number of nitrogens with one attached hydrogen (secondary N) is 2. The molecule has 0 amide bonds. The second-order valence-electron chi connectivity index (χ2n) is 4.63. The molecule has 0 bridgehead atoms. The van der Waals surface area contributed by atoms with E-state index in [-0.39, 0.29) is 5.39 Å². The van der Waals surface area contributed by atoms with Crippen LogP contribution in [0, 0.1) is 11.6 Å². The van der Waals surface area contributed by atoms with Crippen molar-refractivity contribution in [2.24, 2.45) is 0 Å². The molecule has 3 aromatic rings. The van der Waals surface area contributed by atoms with Crippen molar-refractivity contribution in [1.82, 2.24) is 9.97 Å². The second-order valence-corrected chi connectivity index (χ2v) is 5.68. The molecule has 22 heavy (non-hydrogen) atoms. The van der Waals surface area contributed by atoms with Gasteiger partial charge in [0.15, 0.2) is 11.6 Å². The average molecular weight is 320 g/mol. The van der Waals surface area contributed by atoms with Gasteiger partial charge in [0.25, 0.3) is 0 Å². The van der Waals surface area contributed by atoms with Gasteiger partial charge in [0, 0.05) is 27.9 Å². The topological polar surface area (TPSA) is 65.7 Å². The molecule has 0 spiro atoms. The van der Waals surface area contributed by atoms with E-state index in [1.54, 1.807) is 12.1 Å². The summed E-state index contributed by atoms with van der Waals surface area (Å²) in [5.41, 5.74) is -0.828. The predicted octanol–water partition coefficient (Wildman–Crippen LogP) is 2.79. The van der Waals surface area contributed by atoms with Crippen molar-refractivity contribution < 1.29 is 8.78 Å². The van der Waals surface area contributed by atoms with Gasteiger partial charge < -0.3 is 9.97 Å². The first-order chi connectivity index (χ1) is 10.5. The molecule has 2 N–H and O–H groups in total. The maximum atomic E-state index is 13.6. The Bertz CT molecular complexity index is 966. The van der Waals surface area contributed by atoms with Gasteiger partial charge >= 0.3 is 11.1 Å². The van der Waals surface area contributed by atoms with Crippen molar-refractivity contribution in [2.75, 3.05) is 0 Å². The van der Waals surface area contributed by atoms with Crippen LogP contribution < -0.4 is 11.1 Å². The number of rotatable bonds is 3. The van der Waals surface area contributed by atoms with Crippen LogP contribution in [-0.2, 0) is 5.75 Å². The molecule has 0 radical (unpaired) electrons. The Hall–Kier alpha value is -2.41. The predicted molar refractivity (Wildman–Crippen MR) is 81.1 cm³/mol. The van der Waals surface area contributed by atoms with E-state index in [0.717, 1.165) is 11.0 Å². The van der Waals surface area contributed by atoms with E-state index in [9.17, 15) is 18.4 Å². The molecule has 0 aliphatic carbocycles. The molecule has 0 saturated heterocycles. The fraction of sp³-hybridized carbons (Fsp3) is 0.0667. The summed E-state index contributed by atoms with van der Waals surface area (Å²) in [6, 6.07) is 7.54. The van der Waals surface area contributed by atoms with E-state index < -0.39 is 22.8 Å². The lowest BCUT2D eigenvalue weighted by Gasteiger charge is -2.05. The number of halogens is 2. The zero-order chi connectivity index (χ0) is 15.7. The second kappa shape index (κ2) is 5.76. The molecular formula is C15H10F2N2O2S. The molecule has 2 aromatic carbocycles. The Morgan fingerprint density at radius 3 is 2.64 bits per heavy atom. The van der Waals surface area contributed by atoms with Gasteiger partial charge in [-0.3, -0.25) is 9.59 Å². The van der Waals surface area contributed by atoms with Crippen LogP contribution in [0.15, 0.2) is 51.0 Å². The molecule has 0 aliphatic rings. The van der Waals surface area contributed by atoms with E-state index in [2.05, 4.69) is 9.97 Å². The van der Waals surface area contributed by atoms with Crippen molar-refractivity contribution in [2.45, 2.75) is 10.6 Å². The average Bonchev–Trinajstić information content (AvgIpc) is 2.52. The van der Waals surface area contributed by atoms with E-state index in [1.807, 2.05) is 0 Å². The van der Waals surface area contributed by atoms with Crippen LogP contribution in [0.2, 0.25) is 0 Å². The van der Waals surface area contributed by atoms with Crippen molar-refractivity contribution in [1.29, 1.82) is 0 Å². The van der Waals surface area contributed by atoms with Crippen LogP contribution in [-0.4, -0.2) is 9.97 Å². The standard InChI is InChI=1S/C15H10F2N2O2S/c16-12-4-1-8-5-10(2-3-11(8)13(12)17)22-7-9-6-18-14(20)15(21)19-9/h1-6H,7H2,(H,18,20)(H,19,21). The van der Waals surface area contributed by atoms with E-state index in [0.29, 0.717) is 16.8 Å². The summed E-state index contributed by atoms with van der Waals surface area (Å²) in [6.07, 6.45) is 1.44. The largest absolute Gasteiger partial charge is 0.323 e. The van der Waals surface area contributed by atoms with Crippen LogP contribution in [0.25, 0.3) is 10.8 Å². The first-order valence-corrected chi connectivity index (χ1v) is 7.34. The normalized spacial score (nSPS) is 11.0. The highest BCUT2D eigenvalue weighted by Crippen LogP contribution is 2.27. The summed E-state index contributed by atoms with van der Waals surface area (Å²) >= 11 is 1.40. The number of aromatic nitrogens is 2. The molecule has 4 nitrogen and oxygen atoms in total. The lowest BCUT2D eigenvalue weighted by Crippen LogP contribution is -2.29. The van der Waals surface area contributed by atoms with Crippen molar-refractivity contribution in [3.63, 3.8) is 0 Å². The third kappa shape index (κ3) is 2.80. The van der Waals surface area contributed by atoms with Gasteiger partial charge in [0.05, 0.1) is 0 Å². The number of hydrogen-bond acceptors (Lipinski definition) is 3. The van der Waals surface area contributed by atoms with Gasteiger partial charge in [-0.25, -0.2) is 8.78 Å². The number of H-pyrrole nitrogens is 2. The molecule has 112 valence electrons. The minimum atomic E-state index is -0.876. The maximum Gasteiger partial charge on any atom is 0.313 e. The third-order valence-corrected chi connectivity index (χ3v) is 4.17. The Kier molecular flexibility index (Phi) is 3.81. The number of aromatic amines is 2. The summed E-state index contributed by atoms with van der Waals surface area (Å²) in [6.45, 7) is 0. The van der Waals surface area contributed by atoms with Gasteiger partial charge in [-0.1, -0.05) is 12.1 Å². The Morgan fingerprint density at radius 1 is 1.05 bits per heavy atom. The molecule has 0 aliphatic heterocycles. The SMILES string of the molecule is O=c1[nH]cc(CSc2ccc3c(F)c(F)ccc3c2)[nH]c1=O.